The van der Waals surface area contributed by atoms with Gasteiger partial charge in [0.2, 0.25) is 11.8 Å². The topological polar surface area (TPSA) is 356 Å². The first-order valence-corrected chi connectivity index (χ1v) is 33.5. The standard InChI is InChI=1S/C63H120N2O20/c1-4-6-8-10-12-14-16-18-20-21-22-24-26-28-30-32-34-36-38-46(70)60(79)65-44(51(71)45(69)37-35-33-31-29-27-25-23-19-17-15-13-11-9-7-5-2)41-80-63-59(85-62-58(78)56(76)53(73)48(40-67)83-62)57(77)54(74)49(84-63)42-81-61-50(64-43(3)68)55(75)52(72)47(39-66)82-61/h44-59,61-63,66-67,69-78H,4-42H2,1-3H3,(H,64,68)(H,65,79). The number of hydrogen-bond donors (Lipinski definition) is 14. The summed E-state index contributed by atoms with van der Waals surface area (Å²) in [5.41, 5.74) is 0. The Kier molecular flexibility index (Phi) is 42.2. The van der Waals surface area contributed by atoms with Crippen molar-refractivity contribution in [1.29, 1.82) is 0 Å². The molecule has 22 heteroatoms. The second-order valence-corrected chi connectivity index (χ2v) is 24.6. The molecule has 0 bridgehead atoms. The SMILES string of the molecule is CCCCCCCCCCCCCCCCCCCCC(O)C(=O)NC(COC1OC(COC2OC(CO)C(O)C(O)C2NC(C)=O)C(O)C(O)C1OC1OC(CO)C(O)C(O)C1O)C(O)C(O)CCCCCCCCCCCCCCCCC. The van der Waals surface area contributed by atoms with E-state index in [4.69, 9.17) is 28.4 Å². The third kappa shape index (κ3) is 29.8. The van der Waals surface area contributed by atoms with Crippen molar-refractivity contribution in [3.63, 3.8) is 0 Å². The number of nitrogens with one attached hydrogen (secondary N) is 2. The summed E-state index contributed by atoms with van der Waals surface area (Å²) >= 11 is 0. The number of aliphatic hydroxyl groups is 12. The smallest absolute Gasteiger partial charge is 0.249 e. The van der Waals surface area contributed by atoms with Crippen LogP contribution in [0.15, 0.2) is 0 Å². The number of carbonyl (C=O) groups is 2. The lowest BCUT2D eigenvalue weighted by Crippen LogP contribution is -2.66. The van der Waals surface area contributed by atoms with Crippen molar-refractivity contribution >= 4 is 11.8 Å². The van der Waals surface area contributed by atoms with Crippen molar-refractivity contribution < 1.29 is 99.3 Å². The van der Waals surface area contributed by atoms with Crippen LogP contribution in [0.3, 0.4) is 0 Å². The van der Waals surface area contributed by atoms with E-state index in [0.29, 0.717) is 12.8 Å². The van der Waals surface area contributed by atoms with Gasteiger partial charge in [-0.05, 0) is 12.8 Å². The summed E-state index contributed by atoms with van der Waals surface area (Å²) in [6.45, 7) is 2.68. The van der Waals surface area contributed by atoms with Gasteiger partial charge in [0.25, 0.3) is 0 Å². The molecular formula is C63H120N2O20. The maximum Gasteiger partial charge on any atom is 0.249 e. The first-order chi connectivity index (χ1) is 41.0. The van der Waals surface area contributed by atoms with Gasteiger partial charge in [-0.15, -0.1) is 0 Å². The van der Waals surface area contributed by atoms with Crippen LogP contribution in [0.2, 0.25) is 0 Å². The summed E-state index contributed by atoms with van der Waals surface area (Å²) in [5, 5.41) is 136. The van der Waals surface area contributed by atoms with E-state index in [9.17, 15) is 70.9 Å². The molecule has 19 unspecified atom stereocenters. The first kappa shape index (κ1) is 77.5. The molecule has 0 aromatic heterocycles. The van der Waals surface area contributed by atoms with Crippen molar-refractivity contribution in [2.24, 2.45) is 0 Å². The minimum atomic E-state index is -2.01. The van der Waals surface area contributed by atoms with Gasteiger partial charge in [-0.3, -0.25) is 9.59 Å². The van der Waals surface area contributed by atoms with Gasteiger partial charge in [0.1, 0.15) is 85.4 Å². The fourth-order valence-corrected chi connectivity index (χ4v) is 11.7. The Morgan fingerprint density at radius 2 is 0.835 bits per heavy atom. The molecule has 85 heavy (non-hydrogen) atoms. The molecule has 3 saturated heterocycles. The minimum Gasteiger partial charge on any atom is -0.394 e. The number of unbranched alkanes of at least 4 members (excludes halogenated alkanes) is 31. The molecule has 0 aromatic rings. The Balaban J connectivity index is 1.68. The Labute approximate surface area is 508 Å². The van der Waals surface area contributed by atoms with Crippen molar-refractivity contribution in [3.8, 4) is 0 Å². The Bertz CT molecular complexity index is 1660. The van der Waals surface area contributed by atoms with E-state index in [-0.39, 0.29) is 12.8 Å². The highest BCUT2D eigenvalue weighted by atomic mass is 16.8. The van der Waals surface area contributed by atoms with Gasteiger partial charge in [-0.25, -0.2) is 0 Å². The van der Waals surface area contributed by atoms with Crippen LogP contribution < -0.4 is 10.6 Å². The van der Waals surface area contributed by atoms with Gasteiger partial charge >= 0.3 is 0 Å². The molecule has 3 heterocycles. The van der Waals surface area contributed by atoms with Gasteiger partial charge in [0.15, 0.2) is 18.9 Å². The molecule has 3 aliphatic rings. The summed E-state index contributed by atoms with van der Waals surface area (Å²) in [4.78, 5) is 25.9. The number of hydrogen-bond acceptors (Lipinski definition) is 20. The zero-order valence-corrected chi connectivity index (χ0v) is 52.2. The first-order valence-electron chi connectivity index (χ1n) is 33.5. The Morgan fingerprint density at radius 1 is 0.447 bits per heavy atom. The van der Waals surface area contributed by atoms with Crippen LogP contribution in [-0.4, -0.2) is 216 Å². The van der Waals surface area contributed by atoms with Crippen LogP contribution in [-0.2, 0) is 38.0 Å². The van der Waals surface area contributed by atoms with Gasteiger partial charge in [-0.2, -0.15) is 0 Å². The van der Waals surface area contributed by atoms with E-state index >= 15 is 0 Å². The van der Waals surface area contributed by atoms with Crippen LogP contribution in [0.4, 0.5) is 0 Å². The number of amides is 2. The molecule has 3 aliphatic heterocycles. The second-order valence-electron chi connectivity index (χ2n) is 24.6. The molecule has 502 valence electrons. The van der Waals surface area contributed by atoms with Crippen molar-refractivity contribution in [1.82, 2.24) is 10.6 Å². The van der Waals surface area contributed by atoms with E-state index < -0.39 is 155 Å². The number of ether oxygens (including phenoxy) is 6. The molecular weight excluding hydrogens is 1100 g/mol. The summed E-state index contributed by atoms with van der Waals surface area (Å²) < 4.78 is 35.3. The molecule has 0 spiro atoms. The lowest BCUT2D eigenvalue weighted by atomic mass is 9.96. The highest BCUT2D eigenvalue weighted by Crippen LogP contribution is 2.32. The summed E-state index contributed by atoms with van der Waals surface area (Å²) in [6.07, 6.45) is 9.92. The highest BCUT2D eigenvalue weighted by Gasteiger charge is 2.52. The summed E-state index contributed by atoms with van der Waals surface area (Å²) in [6, 6.07) is -2.82. The average molecular weight is 1230 g/mol. The normalized spacial score (nSPS) is 29.6. The number of aliphatic hydroxyl groups excluding tert-OH is 12. The van der Waals surface area contributed by atoms with Crippen LogP contribution in [0.1, 0.15) is 245 Å². The van der Waals surface area contributed by atoms with Gasteiger partial charge in [-0.1, -0.05) is 226 Å². The monoisotopic (exact) mass is 1220 g/mol. The molecule has 3 fully saturated rings. The molecule has 19 atom stereocenters. The molecule has 3 rings (SSSR count). The van der Waals surface area contributed by atoms with Gasteiger partial charge in [0.05, 0.1) is 38.6 Å². The summed E-state index contributed by atoms with van der Waals surface area (Å²) in [7, 11) is 0. The molecule has 2 amide bonds. The maximum atomic E-state index is 13.7. The summed E-state index contributed by atoms with van der Waals surface area (Å²) in [5.74, 6) is -1.47. The number of carbonyl (C=O) groups excluding carboxylic acids is 2. The molecule has 14 N–H and O–H groups in total. The molecule has 0 aliphatic carbocycles. The Hall–Kier alpha value is -1.78. The maximum absolute atomic E-state index is 13.7. The molecule has 0 aromatic carbocycles. The zero-order chi connectivity index (χ0) is 62.4. The van der Waals surface area contributed by atoms with Gasteiger partial charge < -0.3 is 100 Å². The molecule has 0 radical (unpaired) electrons. The predicted molar refractivity (Wildman–Crippen MR) is 319 cm³/mol. The highest BCUT2D eigenvalue weighted by molar-refractivity contribution is 5.80. The van der Waals surface area contributed by atoms with Crippen LogP contribution in [0.25, 0.3) is 0 Å². The van der Waals surface area contributed by atoms with E-state index in [2.05, 4.69) is 24.5 Å². The van der Waals surface area contributed by atoms with E-state index in [1.807, 2.05) is 0 Å². The van der Waals surface area contributed by atoms with E-state index in [1.54, 1.807) is 0 Å². The predicted octanol–water partition coefficient (Wildman–Crippen LogP) is 4.86. The van der Waals surface area contributed by atoms with Crippen LogP contribution >= 0.6 is 0 Å². The van der Waals surface area contributed by atoms with Crippen molar-refractivity contribution in [3.05, 3.63) is 0 Å². The van der Waals surface area contributed by atoms with Crippen molar-refractivity contribution in [2.45, 2.75) is 362 Å². The fraction of sp³-hybridized carbons (Fsp3) is 0.968. The minimum absolute atomic E-state index is 0.130. The van der Waals surface area contributed by atoms with Crippen LogP contribution in [0, 0.1) is 0 Å². The largest absolute Gasteiger partial charge is 0.394 e. The molecule has 0 saturated carbocycles. The van der Waals surface area contributed by atoms with Gasteiger partial charge in [0, 0.05) is 6.92 Å². The lowest BCUT2D eigenvalue weighted by Gasteiger charge is -2.47. The van der Waals surface area contributed by atoms with E-state index in [1.165, 1.54) is 148 Å². The van der Waals surface area contributed by atoms with Crippen molar-refractivity contribution in [2.75, 3.05) is 26.4 Å². The zero-order valence-electron chi connectivity index (χ0n) is 52.2. The molecule has 22 nitrogen and oxygen atoms in total. The Morgan fingerprint density at radius 3 is 1.27 bits per heavy atom. The number of rotatable bonds is 50. The van der Waals surface area contributed by atoms with Crippen LogP contribution in [0.5, 0.6) is 0 Å². The van der Waals surface area contributed by atoms with E-state index in [0.717, 1.165) is 58.3 Å². The quantitative estimate of drug-likeness (QED) is 0.0362. The third-order valence-corrected chi connectivity index (χ3v) is 17.3. The lowest BCUT2D eigenvalue weighted by molar-refractivity contribution is -0.371. The fourth-order valence-electron chi connectivity index (χ4n) is 11.7. The average Bonchev–Trinajstić information content (AvgIpc) is 2.23. The second kappa shape index (κ2) is 46.3. The third-order valence-electron chi connectivity index (χ3n) is 17.3.